The fraction of sp³-hybridized carbons (Fsp3) is 0.600. The average molecular weight is 74.2 g/mol. The molecule has 0 aromatic heterocycles. The molecule has 0 spiro atoms. The molecule has 0 unspecified atom stereocenters. The van der Waals surface area contributed by atoms with Crippen molar-refractivity contribution >= 4 is 0 Å². The van der Waals surface area contributed by atoms with Gasteiger partial charge in [-0.3, -0.25) is 0 Å². The second kappa shape index (κ2) is 42.1. The summed E-state index contributed by atoms with van der Waals surface area (Å²) in [5.74, 6) is 0. The van der Waals surface area contributed by atoms with Crippen LogP contribution in [0.5, 0.6) is 0 Å². The predicted octanol–water partition coefficient (Wildman–Crippen LogP) is 2.32. The number of rotatable bonds is 0. The van der Waals surface area contributed by atoms with E-state index in [1.807, 2.05) is 20.3 Å². The van der Waals surface area contributed by atoms with Gasteiger partial charge in [-0.05, 0) is 0 Å². The largest absolute Gasteiger partial charge is 0.358 e. The average Bonchev–Trinajstić information content (AvgIpc) is 0.918. The molecular weight excluding hydrogens is 60.1 g/mol. The predicted molar refractivity (Wildman–Crippen MR) is 28.8 cm³/mol. The zero-order valence-corrected chi connectivity index (χ0v) is 3.58. The summed E-state index contributed by atoms with van der Waals surface area (Å²) < 4.78 is 0. The maximum atomic E-state index is 2.00. The van der Waals surface area contributed by atoms with Crippen molar-refractivity contribution < 1.29 is 0 Å². The van der Waals surface area contributed by atoms with Gasteiger partial charge >= 0.3 is 0 Å². The van der Waals surface area contributed by atoms with Crippen LogP contribution in [0.2, 0.25) is 0 Å². The molecule has 0 nitrogen and oxygen atoms in total. The van der Waals surface area contributed by atoms with Crippen molar-refractivity contribution in [3.8, 4) is 0 Å². The van der Waals surface area contributed by atoms with Gasteiger partial charge in [0, 0.05) is 0 Å². The molecule has 0 radical (unpaired) electrons. The van der Waals surface area contributed by atoms with E-state index in [1.165, 1.54) is 0 Å². The molecule has 0 amide bonds. The summed E-state index contributed by atoms with van der Waals surface area (Å²) in [6.07, 6.45) is 2.00. The van der Waals surface area contributed by atoms with Gasteiger partial charge in [0.25, 0.3) is 0 Å². The van der Waals surface area contributed by atoms with Gasteiger partial charge in [0.1, 0.15) is 0 Å². The van der Waals surface area contributed by atoms with E-state index in [-0.39, 0.29) is 14.9 Å². The molecule has 0 saturated heterocycles. The molecule has 0 heteroatoms. The molecule has 0 saturated carbocycles. The minimum absolute atomic E-state index is 0. The molecule has 0 rings (SSSR count). The van der Waals surface area contributed by atoms with Gasteiger partial charge in [0.2, 0.25) is 0 Å². The Balaban J connectivity index is -0.0000000200. The Morgan fingerprint density at radius 3 is 1.20 bits per heavy atom. The van der Waals surface area contributed by atoms with Crippen molar-refractivity contribution in [3.63, 3.8) is 0 Å². The highest BCUT2D eigenvalue weighted by Gasteiger charge is 1.49. The standard InChI is InChI=1S/C3H7.CH4.CH3/c1-3-2;;/h3H,1-2H3;1H4;1H3/q+1;;-1. The van der Waals surface area contributed by atoms with Crippen molar-refractivity contribution in [3.05, 3.63) is 13.8 Å². The fourth-order valence-corrected chi connectivity index (χ4v) is 0. The molecule has 0 aliphatic carbocycles. The third-order valence-corrected chi connectivity index (χ3v) is 0. The smallest absolute Gasteiger partial charge is 0.0768 e. The SMILES string of the molecule is C.C[CH+]C.[CH3-]. The maximum Gasteiger partial charge on any atom is 0.0768 e. The summed E-state index contributed by atoms with van der Waals surface area (Å²) in [5.41, 5.74) is 0. The Hall–Kier alpha value is -0.130. The summed E-state index contributed by atoms with van der Waals surface area (Å²) in [4.78, 5) is 0. The molecule has 34 valence electrons. The molecule has 0 aliphatic rings. The molecule has 0 aromatic carbocycles. The first kappa shape index (κ1) is 20.9. The van der Waals surface area contributed by atoms with Crippen molar-refractivity contribution in [1.29, 1.82) is 0 Å². The first-order valence-electron chi connectivity index (χ1n) is 1.15. The van der Waals surface area contributed by atoms with Gasteiger partial charge < -0.3 is 7.43 Å². The second-order valence-electron chi connectivity index (χ2n) is 0.577. The van der Waals surface area contributed by atoms with E-state index in [2.05, 4.69) is 0 Å². The van der Waals surface area contributed by atoms with E-state index in [1.54, 1.807) is 0 Å². The van der Waals surface area contributed by atoms with Crippen molar-refractivity contribution in [2.24, 2.45) is 0 Å². The minimum atomic E-state index is 0. The summed E-state index contributed by atoms with van der Waals surface area (Å²) >= 11 is 0. The van der Waals surface area contributed by atoms with Gasteiger partial charge in [-0.2, -0.15) is 0 Å². The molecule has 0 N–H and O–H groups in total. The van der Waals surface area contributed by atoms with Crippen molar-refractivity contribution in [2.45, 2.75) is 21.3 Å². The van der Waals surface area contributed by atoms with Crippen molar-refractivity contribution in [1.82, 2.24) is 0 Å². The van der Waals surface area contributed by atoms with Gasteiger partial charge in [-0.25, -0.2) is 0 Å². The van der Waals surface area contributed by atoms with Crippen LogP contribution >= 0.6 is 0 Å². The highest BCUT2D eigenvalue weighted by Crippen LogP contribution is 1.53. The summed E-state index contributed by atoms with van der Waals surface area (Å²) in [7, 11) is 0. The van der Waals surface area contributed by atoms with E-state index < -0.39 is 0 Å². The van der Waals surface area contributed by atoms with E-state index in [9.17, 15) is 0 Å². The number of hydrogen-bond donors (Lipinski definition) is 0. The lowest BCUT2D eigenvalue weighted by atomic mass is 10.6. The Morgan fingerprint density at radius 1 is 1.20 bits per heavy atom. The summed E-state index contributed by atoms with van der Waals surface area (Å²) in [5, 5.41) is 0. The Kier molecular flexibility index (Phi) is 176. The van der Waals surface area contributed by atoms with Gasteiger partial charge in [0.15, 0.2) is 0 Å². The third-order valence-electron chi connectivity index (χ3n) is 0. The van der Waals surface area contributed by atoms with Gasteiger partial charge in [-0.1, -0.05) is 7.43 Å². The molecule has 0 atom stereocenters. The maximum absolute atomic E-state index is 2.00. The fourth-order valence-electron chi connectivity index (χ4n) is 0. The van der Waals surface area contributed by atoms with Crippen LogP contribution in [-0.4, -0.2) is 0 Å². The molecular formula is C5H14. The van der Waals surface area contributed by atoms with Crippen LogP contribution in [0.4, 0.5) is 0 Å². The van der Waals surface area contributed by atoms with Gasteiger partial charge in [-0.15, -0.1) is 0 Å². The van der Waals surface area contributed by atoms with Crippen LogP contribution < -0.4 is 0 Å². The van der Waals surface area contributed by atoms with Crippen LogP contribution in [0, 0.1) is 13.8 Å². The normalized spacial score (nSPS) is 2.80. The van der Waals surface area contributed by atoms with Crippen LogP contribution in [0.25, 0.3) is 0 Å². The van der Waals surface area contributed by atoms with Crippen LogP contribution in [0.15, 0.2) is 0 Å². The summed E-state index contributed by atoms with van der Waals surface area (Å²) in [6.45, 7) is 4.00. The van der Waals surface area contributed by atoms with Crippen molar-refractivity contribution in [2.75, 3.05) is 0 Å². The van der Waals surface area contributed by atoms with E-state index >= 15 is 0 Å². The highest BCUT2D eigenvalue weighted by atomic mass is 13.4. The quantitative estimate of drug-likeness (QED) is 0.387. The molecule has 0 aliphatic heterocycles. The first-order chi connectivity index (χ1) is 1.41. The molecule has 0 bridgehead atoms. The lowest BCUT2D eigenvalue weighted by molar-refractivity contribution is 1.41. The zero-order valence-electron chi connectivity index (χ0n) is 3.58. The lowest BCUT2D eigenvalue weighted by Gasteiger charge is -1.34. The Bertz CT molecular complexity index is 0. The van der Waals surface area contributed by atoms with Crippen LogP contribution in [-0.2, 0) is 0 Å². The minimum Gasteiger partial charge on any atom is -0.358 e. The highest BCUT2D eigenvalue weighted by molar-refractivity contribution is 4.34. The monoisotopic (exact) mass is 74.1 g/mol. The molecule has 0 fully saturated rings. The zero-order chi connectivity index (χ0) is 2.71. The molecule has 0 heterocycles. The lowest BCUT2D eigenvalue weighted by Crippen LogP contribution is -1.30. The second-order valence-corrected chi connectivity index (χ2v) is 0.577. The summed E-state index contributed by atoms with van der Waals surface area (Å²) in [6, 6.07) is 0. The molecule has 0 aromatic rings. The van der Waals surface area contributed by atoms with Crippen LogP contribution in [0.1, 0.15) is 21.3 Å². The first-order valence-corrected chi connectivity index (χ1v) is 1.15. The van der Waals surface area contributed by atoms with E-state index in [0.29, 0.717) is 0 Å². The molecule has 5 heavy (non-hydrogen) atoms. The van der Waals surface area contributed by atoms with E-state index in [0.717, 1.165) is 0 Å². The number of hydrogen-bond acceptors (Lipinski definition) is 0. The Labute approximate surface area is 36.2 Å². The van der Waals surface area contributed by atoms with Gasteiger partial charge in [0.05, 0.1) is 20.3 Å². The van der Waals surface area contributed by atoms with E-state index in [4.69, 9.17) is 0 Å². The van der Waals surface area contributed by atoms with Crippen LogP contribution in [0.3, 0.4) is 0 Å². The topological polar surface area (TPSA) is 0 Å². The third kappa shape index (κ3) is 801. The Morgan fingerprint density at radius 2 is 1.20 bits per heavy atom.